The van der Waals surface area contributed by atoms with Crippen LogP contribution in [-0.2, 0) is 9.53 Å². The molecule has 0 N–H and O–H groups in total. The Bertz CT molecular complexity index is 885. The second-order valence-corrected chi connectivity index (χ2v) is 8.09. The summed E-state index contributed by atoms with van der Waals surface area (Å²) >= 11 is 1.76. The molecule has 6 nitrogen and oxygen atoms in total. The van der Waals surface area contributed by atoms with Crippen LogP contribution in [0.3, 0.4) is 0 Å². The average Bonchev–Trinajstić information content (AvgIpc) is 2.90. The normalized spacial score (nSPS) is 15.8. The van der Waals surface area contributed by atoms with Gasteiger partial charge in [0.1, 0.15) is 0 Å². The van der Waals surface area contributed by atoms with Gasteiger partial charge in [-0.3, -0.25) is 4.79 Å². The first-order valence-corrected chi connectivity index (χ1v) is 10.5. The van der Waals surface area contributed by atoms with Crippen molar-refractivity contribution in [2.75, 3.05) is 31.8 Å². The van der Waals surface area contributed by atoms with Gasteiger partial charge in [0.05, 0.1) is 25.0 Å². The Balaban J connectivity index is 1.68. The Labute approximate surface area is 175 Å². The van der Waals surface area contributed by atoms with Gasteiger partial charge >= 0.3 is 5.97 Å². The van der Waals surface area contributed by atoms with Crippen LogP contribution in [0.1, 0.15) is 30.6 Å². The van der Waals surface area contributed by atoms with E-state index in [4.69, 9.17) is 14.2 Å². The molecule has 0 aromatic heterocycles. The first-order valence-electron chi connectivity index (χ1n) is 9.57. The Morgan fingerprint density at radius 1 is 1.17 bits per heavy atom. The number of carbonyl (C=O) groups is 2. The number of hydrogen-bond donors (Lipinski definition) is 0. The third kappa shape index (κ3) is 5.03. The highest BCUT2D eigenvalue weighted by atomic mass is 32.2. The lowest BCUT2D eigenvalue weighted by molar-refractivity contribution is -0.121. The molecular weight excluding hydrogens is 390 g/mol. The van der Waals surface area contributed by atoms with Crippen LogP contribution in [0, 0.1) is 0 Å². The van der Waals surface area contributed by atoms with Crippen LogP contribution in [0.2, 0.25) is 0 Å². The molecule has 1 heterocycles. The molecule has 0 spiro atoms. The summed E-state index contributed by atoms with van der Waals surface area (Å²) in [6, 6.07) is 12.6. The van der Waals surface area contributed by atoms with Crippen molar-refractivity contribution >= 4 is 29.3 Å². The molecule has 0 fully saturated rings. The van der Waals surface area contributed by atoms with Crippen LogP contribution in [0.25, 0.3) is 0 Å². The Hall–Kier alpha value is -2.67. The van der Waals surface area contributed by atoms with Gasteiger partial charge in [-0.15, -0.1) is 11.8 Å². The van der Waals surface area contributed by atoms with E-state index in [1.165, 1.54) is 7.11 Å². The van der Waals surface area contributed by atoms with E-state index < -0.39 is 5.97 Å². The monoisotopic (exact) mass is 415 g/mol. The number of rotatable bonds is 6. The Morgan fingerprint density at radius 3 is 2.72 bits per heavy atom. The number of anilines is 1. The molecule has 154 valence electrons. The molecule has 0 aliphatic carbocycles. The first-order chi connectivity index (χ1) is 14.0. The average molecular weight is 416 g/mol. The van der Waals surface area contributed by atoms with Gasteiger partial charge in [-0.1, -0.05) is 19.1 Å². The number of fused-ring (bicyclic) bond motifs is 1. The third-order valence-corrected chi connectivity index (χ3v) is 5.81. The minimum absolute atomic E-state index is 0.238. The molecule has 0 saturated heterocycles. The second-order valence-electron chi connectivity index (χ2n) is 6.61. The molecule has 29 heavy (non-hydrogen) atoms. The molecule has 2 aromatic carbocycles. The van der Waals surface area contributed by atoms with Gasteiger partial charge in [-0.05, 0) is 43.7 Å². The maximum atomic E-state index is 12.8. The lowest BCUT2D eigenvalue weighted by Gasteiger charge is -2.22. The zero-order valence-corrected chi connectivity index (χ0v) is 17.7. The van der Waals surface area contributed by atoms with E-state index in [9.17, 15) is 9.59 Å². The number of esters is 1. The van der Waals surface area contributed by atoms with Crippen molar-refractivity contribution in [3.05, 3.63) is 48.0 Å². The number of amides is 1. The van der Waals surface area contributed by atoms with Crippen LogP contribution in [0.5, 0.6) is 11.5 Å². The maximum Gasteiger partial charge on any atom is 0.338 e. The van der Waals surface area contributed by atoms with Crippen molar-refractivity contribution in [1.82, 2.24) is 0 Å². The molecule has 3 rings (SSSR count). The van der Waals surface area contributed by atoms with Crippen molar-refractivity contribution < 1.29 is 23.8 Å². The van der Waals surface area contributed by atoms with E-state index in [-0.39, 0.29) is 12.5 Å². The zero-order valence-electron chi connectivity index (χ0n) is 16.8. The predicted molar refractivity (Wildman–Crippen MR) is 113 cm³/mol. The fourth-order valence-corrected chi connectivity index (χ4v) is 4.22. The fraction of sp³-hybridized carbons (Fsp3) is 0.364. The molecule has 0 saturated carbocycles. The highest BCUT2D eigenvalue weighted by Gasteiger charge is 2.25. The number of ether oxygens (including phenoxy) is 3. The lowest BCUT2D eigenvalue weighted by atomic mass is 10.2. The summed E-state index contributed by atoms with van der Waals surface area (Å²) < 4.78 is 16.0. The second kappa shape index (κ2) is 9.69. The van der Waals surface area contributed by atoms with Gasteiger partial charge in [0.15, 0.2) is 18.1 Å². The molecule has 1 atom stereocenters. The number of nitrogens with zero attached hydrogens (tertiary/aromatic N) is 1. The van der Waals surface area contributed by atoms with Crippen LogP contribution >= 0.6 is 11.8 Å². The smallest absolute Gasteiger partial charge is 0.338 e. The fourth-order valence-electron chi connectivity index (χ4n) is 3.10. The number of hydrogen-bond acceptors (Lipinski definition) is 6. The lowest BCUT2D eigenvalue weighted by Crippen LogP contribution is -2.35. The van der Waals surface area contributed by atoms with Gasteiger partial charge in [0.25, 0.3) is 5.91 Å². The number of methoxy groups -OCH3 is 1. The van der Waals surface area contributed by atoms with Crippen molar-refractivity contribution in [2.45, 2.75) is 30.4 Å². The minimum Gasteiger partial charge on any atom is -0.493 e. The van der Waals surface area contributed by atoms with Gasteiger partial charge in [0, 0.05) is 16.7 Å². The van der Waals surface area contributed by atoms with E-state index in [0.29, 0.717) is 35.5 Å². The summed E-state index contributed by atoms with van der Waals surface area (Å²) in [6.45, 7) is 4.78. The van der Waals surface area contributed by atoms with E-state index >= 15 is 0 Å². The zero-order chi connectivity index (χ0) is 20.8. The van der Waals surface area contributed by atoms with Crippen molar-refractivity contribution in [3.8, 4) is 11.5 Å². The topological polar surface area (TPSA) is 65.1 Å². The molecule has 7 heteroatoms. The van der Waals surface area contributed by atoms with E-state index in [1.54, 1.807) is 34.9 Å². The molecule has 0 radical (unpaired) electrons. The molecular formula is C22H25NO5S. The highest BCUT2D eigenvalue weighted by molar-refractivity contribution is 8.00. The predicted octanol–water partition coefficient (Wildman–Crippen LogP) is 4.17. The summed E-state index contributed by atoms with van der Waals surface area (Å²) in [5.41, 5.74) is 1.17. The van der Waals surface area contributed by atoms with Crippen LogP contribution in [0.4, 0.5) is 5.69 Å². The molecule has 1 aliphatic heterocycles. The molecule has 1 amide bonds. The van der Waals surface area contributed by atoms with Gasteiger partial charge in [0.2, 0.25) is 0 Å². The third-order valence-electron chi connectivity index (χ3n) is 4.57. The summed E-state index contributed by atoms with van der Waals surface area (Å²) in [6.07, 6.45) is 0.870. The van der Waals surface area contributed by atoms with Crippen molar-refractivity contribution in [1.29, 1.82) is 0 Å². The highest BCUT2D eigenvalue weighted by Crippen LogP contribution is 2.37. The minimum atomic E-state index is -0.578. The summed E-state index contributed by atoms with van der Waals surface area (Å²) in [5.74, 6) is 0.180. The van der Waals surface area contributed by atoms with Gasteiger partial charge < -0.3 is 19.1 Å². The van der Waals surface area contributed by atoms with Gasteiger partial charge in [-0.25, -0.2) is 4.79 Å². The van der Waals surface area contributed by atoms with E-state index in [1.807, 2.05) is 31.2 Å². The number of thioether (sulfide) groups is 1. The van der Waals surface area contributed by atoms with Crippen molar-refractivity contribution in [3.63, 3.8) is 0 Å². The van der Waals surface area contributed by atoms with E-state index in [0.717, 1.165) is 17.0 Å². The van der Waals surface area contributed by atoms with E-state index in [2.05, 4.69) is 6.92 Å². The quantitative estimate of drug-likeness (QED) is 0.660. The number of benzene rings is 2. The standard InChI is InChI=1S/C22H25NO5S/c1-4-27-18-10-9-16(13-19(18)26-3)22(25)28-14-21(24)23-12-11-15(2)29-20-8-6-5-7-17(20)23/h5-10,13,15H,4,11-12,14H2,1-3H3/t15-/m1/s1. The molecule has 0 unspecified atom stereocenters. The first kappa shape index (κ1) is 21.0. The summed E-state index contributed by atoms with van der Waals surface area (Å²) in [5, 5.41) is 0.410. The Morgan fingerprint density at radius 2 is 1.97 bits per heavy atom. The summed E-state index contributed by atoms with van der Waals surface area (Å²) in [4.78, 5) is 28.0. The number of para-hydroxylation sites is 1. The van der Waals surface area contributed by atoms with Crippen LogP contribution < -0.4 is 14.4 Å². The molecule has 1 aliphatic rings. The van der Waals surface area contributed by atoms with Crippen LogP contribution in [-0.4, -0.2) is 44.0 Å². The molecule has 0 bridgehead atoms. The summed E-state index contributed by atoms with van der Waals surface area (Å²) in [7, 11) is 1.51. The largest absolute Gasteiger partial charge is 0.493 e. The Kier molecular flexibility index (Phi) is 7.04. The van der Waals surface area contributed by atoms with Gasteiger partial charge in [-0.2, -0.15) is 0 Å². The maximum absolute atomic E-state index is 12.8. The number of carbonyl (C=O) groups excluding carboxylic acids is 2. The molecule has 2 aromatic rings. The van der Waals surface area contributed by atoms with Crippen LogP contribution in [0.15, 0.2) is 47.4 Å². The SMILES string of the molecule is CCOc1ccc(C(=O)OCC(=O)N2CC[C@@H](C)Sc3ccccc32)cc1OC. The van der Waals surface area contributed by atoms with Crippen molar-refractivity contribution in [2.24, 2.45) is 0 Å².